The summed E-state index contributed by atoms with van der Waals surface area (Å²) in [4.78, 5) is 16.1. The summed E-state index contributed by atoms with van der Waals surface area (Å²) in [5.41, 5.74) is 2.27. The molecule has 1 aromatic heterocycles. The Kier molecular flexibility index (Phi) is 7.52. The van der Waals surface area contributed by atoms with Gasteiger partial charge in [0.1, 0.15) is 0 Å². The van der Waals surface area contributed by atoms with Gasteiger partial charge in [-0.1, -0.05) is 42.2 Å². The third-order valence-corrected chi connectivity index (χ3v) is 5.55. The molecule has 2 rings (SSSR count). The van der Waals surface area contributed by atoms with Crippen LogP contribution in [0, 0.1) is 0 Å². The number of carbonyl (C=O) groups excluding carboxylic acids is 1. The number of anilines is 2. The van der Waals surface area contributed by atoms with Crippen molar-refractivity contribution in [1.29, 1.82) is 0 Å². The predicted molar refractivity (Wildman–Crippen MR) is 107 cm³/mol. The number of nitrogens with one attached hydrogen (secondary N) is 1. The van der Waals surface area contributed by atoms with Crippen molar-refractivity contribution in [3.8, 4) is 0 Å². The maximum Gasteiger partial charge on any atom is 0.233 e. The number of thioether (sulfide) groups is 1. The molecule has 0 aliphatic rings. The lowest BCUT2D eigenvalue weighted by molar-refractivity contribution is -0.127. The first-order valence-corrected chi connectivity index (χ1v) is 10.00. The van der Waals surface area contributed by atoms with Crippen molar-refractivity contribution in [3.63, 3.8) is 0 Å². The van der Waals surface area contributed by atoms with Gasteiger partial charge in [0.05, 0.1) is 5.75 Å². The Balaban J connectivity index is 1.80. The van der Waals surface area contributed by atoms with Gasteiger partial charge >= 0.3 is 0 Å². The molecule has 0 atom stereocenters. The fourth-order valence-electron chi connectivity index (χ4n) is 2.07. The quantitative estimate of drug-likeness (QED) is 0.675. The minimum atomic E-state index is 0.0833. The predicted octanol–water partition coefficient (Wildman–Crippen LogP) is 3.18. The van der Waals surface area contributed by atoms with Crippen molar-refractivity contribution in [3.05, 3.63) is 29.8 Å². The minimum absolute atomic E-state index is 0.0833. The first kappa shape index (κ1) is 19.5. The van der Waals surface area contributed by atoms with E-state index in [2.05, 4.69) is 51.6 Å². The third-order valence-electron chi connectivity index (χ3n) is 3.55. The Morgan fingerprint density at radius 1 is 1.20 bits per heavy atom. The van der Waals surface area contributed by atoms with Crippen molar-refractivity contribution >= 4 is 39.8 Å². The van der Waals surface area contributed by atoms with Crippen LogP contribution in [0.4, 0.5) is 10.8 Å². The van der Waals surface area contributed by atoms with Crippen molar-refractivity contribution in [2.45, 2.75) is 24.2 Å². The van der Waals surface area contributed by atoms with Gasteiger partial charge in [-0.3, -0.25) is 4.79 Å². The molecule has 1 amide bonds. The second kappa shape index (κ2) is 9.62. The molecule has 1 heterocycles. The molecule has 0 unspecified atom stereocenters. The average Bonchev–Trinajstić information content (AvgIpc) is 3.06. The maximum absolute atomic E-state index is 12.3. The lowest BCUT2D eigenvalue weighted by Gasteiger charge is -2.18. The lowest BCUT2D eigenvalue weighted by atomic mass is 10.2. The molecule has 2 aromatic rings. The van der Waals surface area contributed by atoms with Gasteiger partial charge in [0.25, 0.3) is 0 Å². The summed E-state index contributed by atoms with van der Waals surface area (Å²) in [5.74, 6) is 0.453. The van der Waals surface area contributed by atoms with Gasteiger partial charge in [0.15, 0.2) is 4.34 Å². The molecule has 0 saturated carbocycles. The van der Waals surface area contributed by atoms with E-state index in [0.717, 1.165) is 33.7 Å². The number of hydrogen-bond donors (Lipinski definition) is 1. The molecule has 8 heteroatoms. The number of benzene rings is 1. The molecule has 25 heavy (non-hydrogen) atoms. The topological polar surface area (TPSA) is 61.4 Å². The van der Waals surface area contributed by atoms with Gasteiger partial charge in [-0.05, 0) is 24.1 Å². The van der Waals surface area contributed by atoms with Crippen LogP contribution < -0.4 is 10.2 Å². The first-order valence-electron chi connectivity index (χ1n) is 8.20. The van der Waals surface area contributed by atoms with Gasteiger partial charge in [-0.15, -0.1) is 10.2 Å². The summed E-state index contributed by atoms with van der Waals surface area (Å²) in [7, 11) is 5.86. The highest BCUT2D eigenvalue weighted by Crippen LogP contribution is 2.25. The highest BCUT2D eigenvalue weighted by atomic mass is 32.2. The monoisotopic (exact) mass is 379 g/mol. The van der Waals surface area contributed by atoms with Crippen molar-refractivity contribution < 1.29 is 4.79 Å². The zero-order valence-electron chi connectivity index (χ0n) is 15.2. The summed E-state index contributed by atoms with van der Waals surface area (Å²) < 4.78 is 0.815. The molecule has 0 bridgehead atoms. The second-order valence-corrected chi connectivity index (χ2v) is 8.10. The van der Waals surface area contributed by atoms with Crippen LogP contribution in [-0.4, -0.2) is 54.4 Å². The van der Waals surface area contributed by atoms with Crippen molar-refractivity contribution in [2.75, 3.05) is 43.7 Å². The summed E-state index contributed by atoms with van der Waals surface area (Å²) in [6.07, 6.45) is 1.04. The van der Waals surface area contributed by atoms with Crippen LogP contribution in [0.5, 0.6) is 0 Å². The molecule has 1 aromatic carbocycles. The highest BCUT2D eigenvalue weighted by Gasteiger charge is 2.12. The van der Waals surface area contributed by atoms with E-state index in [0.29, 0.717) is 12.3 Å². The smallest absolute Gasteiger partial charge is 0.233 e. The molecule has 136 valence electrons. The van der Waals surface area contributed by atoms with E-state index < -0.39 is 0 Å². The zero-order valence-corrected chi connectivity index (χ0v) is 16.8. The van der Waals surface area contributed by atoms with Crippen LogP contribution in [-0.2, 0) is 11.3 Å². The van der Waals surface area contributed by atoms with E-state index in [9.17, 15) is 4.79 Å². The van der Waals surface area contributed by atoms with Crippen LogP contribution in [0.15, 0.2) is 28.6 Å². The molecule has 6 nitrogen and oxygen atoms in total. The number of carbonyl (C=O) groups is 1. The molecule has 0 radical (unpaired) electrons. The fourth-order valence-corrected chi connectivity index (χ4v) is 3.78. The Morgan fingerprint density at radius 3 is 2.56 bits per heavy atom. The number of nitrogens with zero attached hydrogens (tertiary/aromatic N) is 4. The van der Waals surface area contributed by atoms with Gasteiger partial charge in [0.2, 0.25) is 11.0 Å². The standard InChI is InChI=1S/C17H25N5OS2/c1-5-10-18-16-19-20-17(25-16)24-12-15(23)22(4)11-13-6-8-14(9-7-13)21(2)3/h6-9H,5,10-12H2,1-4H3,(H,18,19). The van der Waals surface area contributed by atoms with Crippen LogP contribution >= 0.6 is 23.1 Å². The molecule has 0 saturated heterocycles. The van der Waals surface area contributed by atoms with Gasteiger partial charge in [-0.2, -0.15) is 0 Å². The average molecular weight is 380 g/mol. The van der Waals surface area contributed by atoms with E-state index in [4.69, 9.17) is 0 Å². The van der Waals surface area contributed by atoms with Crippen LogP contribution in [0.25, 0.3) is 0 Å². The third kappa shape index (κ3) is 6.21. The number of hydrogen-bond acceptors (Lipinski definition) is 7. The van der Waals surface area contributed by atoms with Gasteiger partial charge in [0, 0.05) is 39.9 Å². The van der Waals surface area contributed by atoms with E-state index in [1.165, 1.54) is 23.1 Å². The second-order valence-electron chi connectivity index (χ2n) is 5.90. The Bertz CT molecular complexity index is 672. The zero-order chi connectivity index (χ0) is 18.2. The summed E-state index contributed by atoms with van der Waals surface area (Å²) in [6, 6.07) is 8.24. The Labute approximate surface area is 157 Å². The van der Waals surface area contributed by atoms with Crippen molar-refractivity contribution in [2.24, 2.45) is 0 Å². The van der Waals surface area contributed by atoms with E-state index in [1.54, 1.807) is 4.90 Å². The number of aromatic nitrogens is 2. The molecule has 0 spiro atoms. The molecule has 1 N–H and O–H groups in total. The fraction of sp³-hybridized carbons (Fsp3) is 0.471. The molecule has 0 aliphatic heterocycles. The Morgan fingerprint density at radius 2 is 1.92 bits per heavy atom. The Hall–Kier alpha value is -1.80. The lowest BCUT2D eigenvalue weighted by Crippen LogP contribution is -2.27. The summed E-state index contributed by atoms with van der Waals surface area (Å²) in [5, 5.41) is 12.2. The van der Waals surface area contributed by atoms with Crippen LogP contribution in [0.3, 0.4) is 0 Å². The minimum Gasteiger partial charge on any atom is -0.378 e. The van der Waals surface area contributed by atoms with E-state index in [-0.39, 0.29) is 5.91 Å². The summed E-state index contributed by atoms with van der Waals surface area (Å²) >= 11 is 2.92. The van der Waals surface area contributed by atoms with E-state index >= 15 is 0 Å². The first-order chi connectivity index (χ1) is 12.0. The number of rotatable bonds is 9. The highest BCUT2D eigenvalue weighted by molar-refractivity contribution is 8.01. The van der Waals surface area contributed by atoms with Crippen LogP contribution in [0.1, 0.15) is 18.9 Å². The summed E-state index contributed by atoms with van der Waals surface area (Å²) in [6.45, 7) is 3.59. The largest absolute Gasteiger partial charge is 0.378 e. The maximum atomic E-state index is 12.3. The SMILES string of the molecule is CCCNc1nnc(SCC(=O)N(C)Cc2ccc(N(C)C)cc2)s1. The molecule has 0 aliphatic carbocycles. The van der Waals surface area contributed by atoms with Crippen molar-refractivity contribution in [1.82, 2.24) is 15.1 Å². The molecular formula is C17H25N5OS2. The number of amides is 1. The van der Waals surface area contributed by atoms with Crippen LogP contribution in [0.2, 0.25) is 0 Å². The normalized spacial score (nSPS) is 10.6. The van der Waals surface area contributed by atoms with Gasteiger partial charge in [-0.25, -0.2) is 0 Å². The molecular weight excluding hydrogens is 354 g/mol. The van der Waals surface area contributed by atoms with E-state index in [1.807, 2.05) is 21.1 Å². The molecule has 0 fully saturated rings. The van der Waals surface area contributed by atoms with Gasteiger partial charge < -0.3 is 15.1 Å².